The smallest absolute Gasteiger partial charge is 0.388 e. The summed E-state index contributed by atoms with van der Waals surface area (Å²) in [6.45, 7) is -0.212. The SMILES string of the molecule is O=C(NCC1(O)CCCCC1)NC1CCN(CC(F)(F)F)C1. The summed E-state index contributed by atoms with van der Waals surface area (Å²) >= 11 is 0. The Labute approximate surface area is 128 Å². The van der Waals surface area contributed by atoms with E-state index in [0.29, 0.717) is 25.8 Å². The van der Waals surface area contributed by atoms with Gasteiger partial charge < -0.3 is 15.7 Å². The zero-order chi connectivity index (χ0) is 16.2. The van der Waals surface area contributed by atoms with Crippen LogP contribution in [0.3, 0.4) is 0 Å². The predicted octanol–water partition coefficient (Wildman–Crippen LogP) is 1.62. The second-order valence-corrected chi connectivity index (χ2v) is 6.45. The summed E-state index contributed by atoms with van der Waals surface area (Å²) in [7, 11) is 0. The topological polar surface area (TPSA) is 64.6 Å². The summed E-state index contributed by atoms with van der Waals surface area (Å²) in [5.74, 6) is 0. The third-order valence-corrected chi connectivity index (χ3v) is 4.37. The van der Waals surface area contributed by atoms with Gasteiger partial charge in [0.15, 0.2) is 0 Å². The van der Waals surface area contributed by atoms with E-state index in [-0.39, 0.29) is 19.1 Å². The molecule has 22 heavy (non-hydrogen) atoms. The van der Waals surface area contributed by atoms with E-state index in [1.54, 1.807) is 0 Å². The van der Waals surface area contributed by atoms with Crippen LogP contribution < -0.4 is 10.6 Å². The van der Waals surface area contributed by atoms with Gasteiger partial charge in [-0.15, -0.1) is 0 Å². The molecule has 0 aromatic carbocycles. The van der Waals surface area contributed by atoms with Gasteiger partial charge in [-0.25, -0.2) is 4.79 Å². The van der Waals surface area contributed by atoms with Crippen LogP contribution in [0.2, 0.25) is 0 Å². The molecule has 0 bridgehead atoms. The fourth-order valence-corrected chi connectivity index (χ4v) is 3.22. The monoisotopic (exact) mass is 323 g/mol. The molecule has 5 nitrogen and oxygen atoms in total. The molecule has 128 valence electrons. The molecule has 8 heteroatoms. The molecule has 1 aliphatic carbocycles. The van der Waals surface area contributed by atoms with Crippen LogP contribution in [0.4, 0.5) is 18.0 Å². The van der Waals surface area contributed by atoms with Gasteiger partial charge in [0.25, 0.3) is 0 Å². The van der Waals surface area contributed by atoms with E-state index >= 15 is 0 Å². The third kappa shape index (κ3) is 5.64. The lowest BCUT2D eigenvalue weighted by Gasteiger charge is -2.32. The summed E-state index contributed by atoms with van der Waals surface area (Å²) in [4.78, 5) is 13.1. The highest BCUT2D eigenvalue weighted by atomic mass is 19.4. The molecule has 0 spiro atoms. The van der Waals surface area contributed by atoms with Crippen LogP contribution in [0, 0.1) is 0 Å². The van der Waals surface area contributed by atoms with E-state index in [1.807, 2.05) is 0 Å². The second kappa shape index (κ2) is 7.04. The van der Waals surface area contributed by atoms with Crippen molar-refractivity contribution in [2.24, 2.45) is 0 Å². The molecule has 3 N–H and O–H groups in total. The molecule has 2 aliphatic rings. The van der Waals surface area contributed by atoms with Crippen molar-refractivity contribution in [3.63, 3.8) is 0 Å². The van der Waals surface area contributed by atoms with Crippen LogP contribution in [0.15, 0.2) is 0 Å². The van der Waals surface area contributed by atoms with Crippen molar-refractivity contribution >= 4 is 6.03 Å². The van der Waals surface area contributed by atoms with Gasteiger partial charge in [-0.05, 0) is 19.3 Å². The summed E-state index contributed by atoms with van der Waals surface area (Å²) < 4.78 is 36.9. The minimum absolute atomic E-state index is 0.192. The van der Waals surface area contributed by atoms with E-state index in [0.717, 1.165) is 19.3 Å². The normalized spacial score (nSPS) is 25.9. The molecule has 1 aliphatic heterocycles. The van der Waals surface area contributed by atoms with Crippen LogP contribution in [0.1, 0.15) is 38.5 Å². The summed E-state index contributed by atoms with van der Waals surface area (Å²) in [6, 6.07) is -0.693. The van der Waals surface area contributed by atoms with Gasteiger partial charge in [0.1, 0.15) is 0 Å². The first-order chi connectivity index (χ1) is 10.3. The van der Waals surface area contributed by atoms with Gasteiger partial charge in [0.2, 0.25) is 0 Å². The fourth-order valence-electron chi connectivity index (χ4n) is 3.22. The molecule has 2 amide bonds. The zero-order valence-electron chi connectivity index (χ0n) is 12.6. The maximum atomic E-state index is 12.3. The molecule has 1 heterocycles. The van der Waals surface area contributed by atoms with Crippen molar-refractivity contribution in [1.29, 1.82) is 0 Å². The molecule has 1 atom stereocenters. The first-order valence-electron chi connectivity index (χ1n) is 7.82. The van der Waals surface area contributed by atoms with E-state index in [4.69, 9.17) is 0 Å². The first kappa shape index (κ1) is 17.3. The number of aliphatic hydroxyl groups is 1. The average molecular weight is 323 g/mol. The standard InChI is InChI=1S/C14H24F3N3O2/c15-14(16,17)10-20-7-4-11(8-20)19-12(21)18-9-13(22)5-2-1-3-6-13/h11,22H,1-10H2,(H2,18,19,21). The van der Waals surface area contributed by atoms with Gasteiger partial charge in [0, 0.05) is 25.7 Å². The summed E-state index contributed by atoms with van der Waals surface area (Å²) in [6.07, 6.45) is 0.663. The Hall–Kier alpha value is -1.02. The number of hydrogen-bond acceptors (Lipinski definition) is 3. The number of hydrogen-bond donors (Lipinski definition) is 3. The summed E-state index contributed by atoms with van der Waals surface area (Å²) in [5, 5.41) is 15.6. The molecular formula is C14H24F3N3O2. The van der Waals surface area contributed by atoms with Crippen molar-refractivity contribution in [2.45, 2.75) is 56.3 Å². The molecule has 0 aromatic rings. The van der Waals surface area contributed by atoms with E-state index in [9.17, 15) is 23.1 Å². The van der Waals surface area contributed by atoms with E-state index in [1.165, 1.54) is 4.90 Å². The number of urea groups is 1. The third-order valence-electron chi connectivity index (χ3n) is 4.37. The van der Waals surface area contributed by atoms with Crippen molar-refractivity contribution < 1.29 is 23.1 Å². The molecular weight excluding hydrogens is 299 g/mol. The van der Waals surface area contributed by atoms with Crippen LogP contribution in [0.25, 0.3) is 0 Å². The van der Waals surface area contributed by atoms with Gasteiger partial charge in [-0.1, -0.05) is 19.3 Å². The highest BCUT2D eigenvalue weighted by Gasteiger charge is 2.35. The highest BCUT2D eigenvalue weighted by molar-refractivity contribution is 5.74. The average Bonchev–Trinajstić information content (AvgIpc) is 2.82. The van der Waals surface area contributed by atoms with Crippen molar-refractivity contribution in [2.75, 3.05) is 26.2 Å². The molecule has 1 saturated carbocycles. The second-order valence-electron chi connectivity index (χ2n) is 6.45. The molecule has 0 radical (unpaired) electrons. The fraction of sp³-hybridized carbons (Fsp3) is 0.929. The Morgan fingerprint density at radius 1 is 1.27 bits per heavy atom. The number of rotatable bonds is 4. The van der Waals surface area contributed by atoms with E-state index < -0.39 is 24.4 Å². The Bertz CT molecular complexity index is 384. The van der Waals surface area contributed by atoms with E-state index in [2.05, 4.69) is 10.6 Å². The van der Waals surface area contributed by atoms with Gasteiger partial charge >= 0.3 is 12.2 Å². The Kier molecular flexibility index (Phi) is 5.55. The lowest BCUT2D eigenvalue weighted by atomic mass is 9.85. The minimum atomic E-state index is -4.21. The Morgan fingerprint density at radius 3 is 2.59 bits per heavy atom. The number of alkyl halides is 3. The summed E-state index contributed by atoms with van der Waals surface area (Å²) in [5.41, 5.74) is -0.840. The van der Waals surface area contributed by atoms with Crippen LogP contribution >= 0.6 is 0 Å². The molecule has 1 saturated heterocycles. The quantitative estimate of drug-likeness (QED) is 0.737. The molecule has 1 unspecified atom stereocenters. The number of nitrogens with zero attached hydrogens (tertiary/aromatic N) is 1. The number of halogens is 3. The molecule has 2 rings (SSSR count). The minimum Gasteiger partial charge on any atom is -0.388 e. The maximum Gasteiger partial charge on any atom is 0.401 e. The maximum absolute atomic E-state index is 12.3. The van der Waals surface area contributed by atoms with Crippen LogP contribution in [-0.2, 0) is 0 Å². The first-order valence-corrected chi connectivity index (χ1v) is 7.82. The van der Waals surface area contributed by atoms with Gasteiger partial charge in [-0.2, -0.15) is 13.2 Å². The Balaban J connectivity index is 1.67. The van der Waals surface area contributed by atoms with Crippen LogP contribution in [-0.4, -0.2) is 60.0 Å². The Morgan fingerprint density at radius 2 is 1.95 bits per heavy atom. The van der Waals surface area contributed by atoms with Gasteiger partial charge in [-0.3, -0.25) is 4.90 Å². The van der Waals surface area contributed by atoms with Crippen molar-refractivity contribution in [3.05, 3.63) is 0 Å². The van der Waals surface area contributed by atoms with Crippen molar-refractivity contribution in [3.8, 4) is 0 Å². The number of nitrogens with one attached hydrogen (secondary N) is 2. The number of likely N-dealkylation sites (tertiary alicyclic amines) is 1. The van der Waals surface area contributed by atoms with Gasteiger partial charge in [0.05, 0.1) is 12.1 Å². The predicted molar refractivity (Wildman–Crippen MR) is 75.5 cm³/mol. The number of amides is 2. The lowest BCUT2D eigenvalue weighted by molar-refractivity contribution is -0.143. The largest absolute Gasteiger partial charge is 0.401 e. The molecule has 2 fully saturated rings. The van der Waals surface area contributed by atoms with Crippen LogP contribution in [0.5, 0.6) is 0 Å². The lowest BCUT2D eigenvalue weighted by Crippen LogP contribution is -2.50. The zero-order valence-corrected chi connectivity index (χ0v) is 12.6. The number of carbonyl (C=O) groups excluding carboxylic acids is 1. The number of carbonyl (C=O) groups is 1. The molecule has 0 aromatic heterocycles. The van der Waals surface area contributed by atoms with Crippen molar-refractivity contribution in [1.82, 2.24) is 15.5 Å². The highest BCUT2D eigenvalue weighted by Crippen LogP contribution is 2.27.